The van der Waals surface area contributed by atoms with E-state index in [4.69, 9.17) is 18.9 Å². The van der Waals surface area contributed by atoms with E-state index >= 15 is 0 Å². The molecule has 11 atom stereocenters. The molecule has 0 aromatic heterocycles. The summed E-state index contributed by atoms with van der Waals surface area (Å²) in [4.78, 5) is 49.9. The first-order valence-electron chi connectivity index (χ1n) is 18.5. The lowest BCUT2D eigenvalue weighted by molar-refractivity contribution is -0.253. The van der Waals surface area contributed by atoms with Crippen LogP contribution in [0.5, 0.6) is 0 Å². The van der Waals surface area contributed by atoms with Crippen molar-refractivity contribution in [1.82, 2.24) is 5.32 Å². The van der Waals surface area contributed by atoms with Crippen LogP contribution in [0, 0.1) is 51.2 Å². The second-order valence-corrected chi connectivity index (χ2v) is 17.7. The summed E-state index contributed by atoms with van der Waals surface area (Å²) >= 11 is 0. The summed E-state index contributed by atoms with van der Waals surface area (Å²) in [5, 5.41) is 3.37. The second kappa shape index (κ2) is 13.9. The Kier molecular flexibility index (Phi) is 11.2. The number of rotatable bonds is 11. The predicted molar refractivity (Wildman–Crippen MR) is 184 cm³/mol. The average Bonchev–Trinajstić information content (AvgIpc) is 3.34. The van der Waals surface area contributed by atoms with Crippen LogP contribution in [-0.2, 0) is 38.1 Å². The molecule has 0 spiro atoms. The molecule has 0 aromatic rings. The predicted octanol–water partition coefficient (Wildman–Crippen LogP) is 7.03. The minimum absolute atomic E-state index is 0.00490. The number of hydrogen-bond acceptors (Lipinski definition) is 9. The van der Waals surface area contributed by atoms with Gasteiger partial charge in [-0.1, -0.05) is 48.5 Å². The lowest BCUT2D eigenvalue weighted by Crippen LogP contribution is -2.67. The molecule has 9 heteroatoms. The van der Waals surface area contributed by atoms with Gasteiger partial charge in [0.25, 0.3) is 0 Å². The Morgan fingerprint density at radius 3 is 2.02 bits per heavy atom. The topological polar surface area (TPSA) is 117 Å². The van der Waals surface area contributed by atoms with Gasteiger partial charge in [0, 0.05) is 38.0 Å². The molecule has 0 bridgehead atoms. The van der Waals surface area contributed by atoms with Crippen LogP contribution in [0.1, 0.15) is 134 Å². The van der Waals surface area contributed by atoms with Gasteiger partial charge in [0.2, 0.25) is 0 Å². The number of esters is 4. The highest BCUT2D eigenvalue weighted by atomic mass is 16.6. The van der Waals surface area contributed by atoms with E-state index < -0.39 is 11.6 Å². The Labute approximate surface area is 289 Å². The van der Waals surface area contributed by atoms with Crippen LogP contribution in [0.2, 0.25) is 0 Å². The Morgan fingerprint density at radius 2 is 1.46 bits per heavy atom. The summed E-state index contributed by atoms with van der Waals surface area (Å²) in [7, 11) is 1.41. The molecule has 4 aliphatic rings. The Morgan fingerprint density at radius 1 is 0.833 bits per heavy atom. The lowest BCUT2D eigenvalue weighted by atomic mass is 9.35. The van der Waals surface area contributed by atoms with Gasteiger partial charge in [0.05, 0.1) is 7.11 Å². The van der Waals surface area contributed by atoms with Crippen LogP contribution in [0.3, 0.4) is 0 Å². The van der Waals surface area contributed by atoms with Crippen LogP contribution in [0.15, 0.2) is 0 Å². The zero-order valence-electron chi connectivity index (χ0n) is 32.0. The van der Waals surface area contributed by atoms with Crippen LogP contribution in [0.25, 0.3) is 0 Å². The van der Waals surface area contributed by atoms with Gasteiger partial charge in [-0.3, -0.25) is 19.2 Å². The monoisotopic (exact) mass is 675 g/mol. The average molecular weight is 676 g/mol. The molecule has 0 aromatic carbocycles. The van der Waals surface area contributed by atoms with E-state index in [9.17, 15) is 19.2 Å². The molecule has 4 saturated carbocycles. The maximum absolute atomic E-state index is 12.8. The third-order valence-corrected chi connectivity index (χ3v) is 14.4. The number of carbonyl (C=O) groups excluding carboxylic acids is 4. The fourth-order valence-corrected chi connectivity index (χ4v) is 12.2. The molecular formula is C39H65NO8. The first-order valence-corrected chi connectivity index (χ1v) is 18.5. The number of nitrogens with one attached hydrogen (secondary N) is 1. The van der Waals surface area contributed by atoms with Crippen molar-refractivity contribution < 1.29 is 38.1 Å². The van der Waals surface area contributed by atoms with E-state index in [0.29, 0.717) is 31.2 Å². The molecule has 0 aliphatic heterocycles. The van der Waals surface area contributed by atoms with Gasteiger partial charge in [-0.15, -0.1) is 0 Å². The SMILES string of the molecule is COC(=O)[C@@H](NCCC[C@](C)(OC(C)=O)C1CC[C@]2(C)[C@@H]1C(OC(C)=O)CC1[C@@]3(C)CC[C@H](OC(C)=O)C(C)(C)C3CC[C@]12C)C(C)C. The maximum Gasteiger partial charge on any atom is 0.323 e. The quantitative estimate of drug-likeness (QED) is 0.140. The summed E-state index contributed by atoms with van der Waals surface area (Å²) in [6.45, 7) is 23.1. The lowest BCUT2D eigenvalue weighted by Gasteiger charge is -2.70. The number of carbonyl (C=O) groups is 4. The van der Waals surface area contributed by atoms with Gasteiger partial charge in [-0.05, 0) is 105 Å². The summed E-state index contributed by atoms with van der Waals surface area (Å²) < 4.78 is 23.6. The molecule has 4 unspecified atom stereocenters. The first-order chi connectivity index (χ1) is 22.2. The van der Waals surface area contributed by atoms with E-state index in [0.717, 1.165) is 44.9 Å². The molecule has 0 amide bonds. The molecule has 4 aliphatic carbocycles. The minimum Gasteiger partial charge on any atom is -0.468 e. The van der Waals surface area contributed by atoms with Gasteiger partial charge in [-0.25, -0.2) is 0 Å². The highest BCUT2D eigenvalue weighted by molar-refractivity contribution is 5.75. The fraction of sp³-hybridized carbons (Fsp3) is 0.897. The number of methoxy groups -OCH3 is 1. The van der Waals surface area contributed by atoms with Crippen LogP contribution in [-0.4, -0.2) is 61.4 Å². The zero-order chi connectivity index (χ0) is 36.0. The normalized spacial score (nSPS) is 38.8. The van der Waals surface area contributed by atoms with Crippen molar-refractivity contribution in [3.8, 4) is 0 Å². The minimum atomic E-state index is -0.763. The van der Waals surface area contributed by atoms with Gasteiger partial charge in [0.1, 0.15) is 23.9 Å². The van der Waals surface area contributed by atoms with Crippen molar-refractivity contribution >= 4 is 23.9 Å². The standard InChI is InChI=1S/C39H65NO8/c1-23(2)33(34(44)45-12)40-21-13-17-39(11,48-26(5)43)27-14-19-38(10)32(27)28(46-24(3)41)22-30-36(8)18-16-31(47-25(4)42)35(6,7)29(36)15-20-37(30,38)9/h23,27-33,40H,13-22H2,1-12H3/t27?,28?,29?,30?,31-,32-,33-,36-,37+,38+,39-/m0/s1. The second-order valence-electron chi connectivity index (χ2n) is 17.7. The van der Waals surface area contributed by atoms with Crippen LogP contribution < -0.4 is 5.32 Å². The van der Waals surface area contributed by atoms with E-state index in [1.54, 1.807) is 0 Å². The van der Waals surface area contributed by atoms with E-state index in [2.05, 4.69) is 46.9 Å². The number of hydrogen-bond donors (Lipinski definition) is 1. The summed E-state index contributed by atoms with van der Waals surface area (Å²) in [6, 6.07) is -0.404. The summed E-state index contributed by atoms with van der Waals surface area (Å²) in [6.07, 6.45) is 7.49. The summed E-state index contributed by atoms with van der Waals surface area (Å²) in [5.74, 6) is -0.261. The molecule has 274 valence electrons. The summed E-state index contributed by atoms with van der Waals surface area (Å²) in [5.41, 5.74) is -1.09. The smallest absolute Gasteiger partial charge is 0.323 e. The molecule has 0 radical (unpaired) electrons. The van der Waals surface area contributed by atoms with Crippen molar-refractivity contribution in [1.29, 1.82) is 0 Å². The Hall–Kier alpha value is -2.16. The number of ether oxygens (including phenoxy) is 4. The third kappa shape index (κ3) is 6.67. The van der Waals surface area contributed by atoms with Gasteiger partial charge >= 0.3 is 23.9 Å². The first kappa shape index (κ1) is 38.6. The van der Waals surface area contributed by atoms with Gasteiger partial charge in [-0.2, -0.15) is 0 Å². The highest BCUT2D eigenvalue weighted by Crippen LogP contribution is 2.76. The van der Waals surface area contributed by atoms with Crippen molar-refractivity contribution in [3.63, 3.8) is 0 Å². The largest absolute Gasteiger partial charge is 0.468 e. The maximum atomic E-state index is 12.8. The van der Waals surface area contributed by atoms with Crippen LogP contribution in [0.4, 0.5) is 0 Å². The van der Waals surface area contributed by atoms with Crippen molar-refractivity contribution in [3.05, 3.63) is 0 Å². The molecular weight excluding hydrogens is 610 g/mol. The van der Waals surface area contributed by atoms with Crippen LogP contribution >= 0.6 is 0 Å². The molecule has 48 heavy (non-hydrogen) atoms. The molecule has 4 fully saturated rings. The van der Waals surface area contributed by atoms with E-state index in [-0.39, 0.29) is 75.5 Å². The molecule has 0 heterocycles. The molecule has 0 saturated heterocycles. The van der Waals surface area contributed by atoms with Crippen molar-refractivity contribution in [2.45, 2.75) is 158 Å². The van der Waals surface area contributed by atoms with Crippen molar-refractivity contribution in [2.75, 3.05) is 13.7 Å². The number of fused-ring (bicyclic) bond motifs is 5. The fourth-order valence-electron chi connectivity index (χ4n) is 12.2. The molecule has 4 rings (SSSR count). The van der Waals surface area contributed by atoms with Gasteiger partial charge in [0.15, 0.2) is 0 Å². The zero-order valence-corrected chi connectivity index (χ0v) is 32.0. The van der Waals surface area contributed by atoms with E-state index in [1.165, 1.54) is 27.9 Å². The van der Waals surface area contributed by atoms with Crippen molar-refractivity contribution in [2.24, 2.45) is 51.2 Å². The Bertz CT molecular complexity index is 1230. The van der Waals surface area contributed by atoms with E-state index in [1.807, 2.05) is 13.8 Å². The third-order valence-electron chi connectivity index (χ3n) is 14.4. The highest BCUT2D eigenvalue weighted by Gasteiger charge is 2.72. The van der Waals surface area contributed by atoms with Gasteiger partial charge < -0.3 is 24.3 Å². The molecule has 9 nitrogen and oxygen atoms in total. The molecule has 1 N–H and O–H groups in total. The Balaban J connectivity index is 1.67.